The number of rotatable bonds is 4. The molecule has 1 unspecified atom stereocenters. The average molecular weight is 389 g/mol. The van der Waals surface area contributed by atoms with Crippen LogP contribution in [0.15, 0.2) is 64.8 Å². The third-order valence-corrected chi connectivity index (χ3v) is 5.71. The monoisotopic (exact) mass is 389 g/mol. The van der Waals surface area contributed by atoms with E-state index in [0.29, 0.717) is 16.0 Å². The maximum atomic E-state index is 13.5. The normalized spacial score (nSPS) is 12.2. The zero-order valence-electron chi connectivity index (χ0n) is 15.5. The SMILES string of the molecule is Cc1ccc(-c2csc3nc(-c4ccccc4)n(C(C)C(N)=O)c(=O)c23)cc1. The molecule has 0 saturated carbocycles. The number of aromatic nitrogens is 2. The number of hydrogen-bond acceptors (Lipinski definition) is 4. The van der Waals surface area contributed by atoms with Gasteiger partial charge in [-0.25, -0.2) is 4.98 Å². The molecule has 0 aliphatic heterocycles. The molecule has 1 amide bonds. The molecule has 28 heavy (non-hydrogen) atoms. The number of thiophene rings is 1. The minimum atomic E-state index is -0.814. The minimum Gasteiger partial charge on any atom is -0.368 e. The Hall–Kier alpha value is -3.25. The average Bonchev–Trinajstić information content (AvgIpc) is 3.13. The highest BCUT2D eigenvalue weighted by Gasteiger charge is 2.23. The molecule has 0 bridgehead atoms. The molecule has 2 N–H and O–H groups in total. The summed E-state index contributed by atoms with van der Waals surface area (Å²) in [6.07, 6.45) is 0. The maximum Gasteiger partial charge on any atom is 0.263 e. The first-order chi connectivity index (χ1) is 13.5. The number of benzene rings is 2. The maximum absolute atomic E-state index is 13.5. The van der Waals surface area contributed by atoms with Gasteiger partial charge >= 0.3 is 0 Å². The number of amides is 1. The molecule has 0 spiro atoms. The molecular weight excluding hydrogens is 370 g/mol. The molecular formula is C22H19N3O2S. The summed E-state index contributed by atoms with van der Waals surface area (Å²) in [7, 11) is 0. The van der Waals surface area contributed by atoms with Crippen LogP contribution in [0.5, 0.6) is 0 Å². The lowest BCUT2D eigenvalue weighted by Gasteiger charge is -2.17. The van der Waals surface area contributed by atoms with Gasteiger partial charge < -0.3 is 5.73 Å². The van der Waals surface area contributed by atoms with Crippen LogP contribution < -0.4 is 11.3 Å². The highest BCUT2D eigenvalue weighted by atomic mass is 32.1. The Kier molecular flexibility index (Phi) is 4.57. The van der Waals surface area contributed by atoms with E-state index in [0.717, 1.165) is 22.3 Å². The van der Waals surface area contributed by atoms with E-state index in [1.807, 2.05) is 66.9 Å². The molecule has 0 fully saturated rings. The number of primary amides is 1. The van der Waals surface area contributed by atoms with Gasteiger partial charge in [0.25, 0.3) is 5.56 Å². The predicted octanol–water partition coefficient (Wildman–Crippen LogP) is 4.15. The number of nitrogens with zero attached hydrogens (tertiary/aromatic N) is 2. The van der Waals surface area contributed by atoms with Gasteiger partial charge in [0.2, 0.25) is 5.91 Å². The number of aryl methyl sites for hydroxylation is 1. The number of fused-ring (bicyclic) bond motifs is 1. The molecule has 5 nitrogen and oxygen atoms in total. The first kappa shape index (κ1) is 18.1. The van der Waals surface area contributed by atoms with Gasteiger partial charge in [0.05, 0.1) is 5.39 Å². The summed E-state index contributed by atoms with van der Waals surface area (Å²) in [5.74, 6) is -0.130. The van der Waals surface area contributed by atoms with Gasteiger partial charge in [-0.2, -0.15) is 0 Å². The summed E-state index contributed by atoms with van der Waals surface area (Å²) in [5.41, 5.74) is 8.97. The molecule has 4 aromatic rings. The topological polar surface area (TPSA) is 78.0 Å². The van der Waals surface area contributed by atoms with E-state index < -0.39 is 11.9 Å². The summed E-state index contributed by atoms with van der Waals surface area (Å²) < 4.78 is 1.41. The van der Waals surface area contributed by atoms with Crippen LogP contribution in [0.25, 0.3) is 32.7 Å². The lowest BCUT2D eigenvalue weighted by atomic mass is 10.0. The van der Waals surface area contributed by atoms with Crippen molar-refractivity contribution >= 4 is 27.5 Å². The summed E-state index contributed by atoms with van der Waals surface area (Å²) in [6, 6.07) is 16.6. The van der Waals surface area contributed by atoms with E-state index in [1.165, 1.54) is 15.9 Å². The molecule has 2 heterocycles. The van der Waals surface area contributed by atoms with Gasteiger partial charge in [0.15, 0.2) is 0 Å². The van der Waals surface area contributed by atoms with Crippen molar-refractivity contribution in [1.29, 1.82) is 0 Å². The first-order valence-electron chi connectivity index (χ1n) is 8.93. The van der Waals surface area contributed by atoms with Gasteiger partial charge in [0.1, 0.15) is 16.7 Å². The quantitative estimate of drug-likeness (QED) is 0.570. The van der Waals surface area contributed by atoms with Gasteiger partial charge in [0, 0.05) is 16.5 Å². The molecule has 0 aliphatic rings. The van der Waals surface area contributed by atoms with Crippen LogP contribution in [0.3, 0.4) is 0 Å². The van der Waals surface area contributed by atoms with E-state index in [9.17, 15) is 9.59 Å². The summed E-state index contributed by atoms with van der Waals surface area (Å²) >= 11 is 1.42. The predicted molar refractivity (Wildman–Crippen MR) is 113 cm³/mol. The Balaban J connectivity index is 2.05. The molecule has 2 aromatic heterocycles. The molecule has 4 rings (SSSR count). The molecule has 0 saturated heterocycles. The van der Waals surface area contributed by atoms with Gasteiger partial charge in [-0.05, 0) is 19.4 Å². The Morgan fingerprint density at radius 3 is 2.39 bits per heavy atom. The Labute approximate surface area is 166 Å². The molecule has 2 aromatic carbocycles. The van der Waals surface area contributed by atoms with Crippen LogP contribution in [-0.2, 0) is 4.79 Å². The summed E-state index contributed by atoms with van der Waals surface area (Å²) in [6.45, 7) is 3.65. The van der Waals surface area contributed by atoms with Crippen molar-refractivity contribution < 1.29 is 4.79 Å². The summed E-state index contributed by atoms with van der Waals surface area (Å²) in [5, 5.41) is 2.46. The fraction of sp³-hybridized carbons (Fsp3) is 0.136. The zero-order chi connectivity index (χ0) is 19.8. The minimum absolute atomic E-state index is 0.257. The number of carbonyl (C=O) groups excluding carboxylic acids is 1. The van der Waals surface area contributed by atoms with Crippen molar-refractivity contribution in [2.24, 2.45) is 5.73 Å². The zero-order valence-corrected chi connectivity index (χ0v) is 16.4. The lowest BCUT2D eigenvalue weighted by molar-refractivity contribution is -0.120. The third-order valence-electron chi connectivity index (χ3n) is 4.83. The van der Waals surface area contributed by atoms with Crippen LogP contribution in [0.4, 0.5) is 0 Å². The highest BCUT2D eigenvalue weighted by Crippen LogP contribution is 2.33. The third kappa shape index (κ3) is 3.01. The second-order valence-corrected chi connectivity index (χ2v) is 7.61. The molecule has 0 radical (unpaired) electrons. The second kappa shape index (κ2) is 7.05. The van der Waals surface area contributed by atoms with Crippen LogP contribution in [-0.4, -0.2) is 15.5 Å². The Morgan fingerprint density at radius 1 is 1.07 bits per heavy atom. The fourth-order valence-corrected chi connectivity index (χ4v) is 4.16. The molecule has 140 valence electrons. The van der Waals surface area contributed by atoms with Crippen molar-refractivity contribution in [3.8, 4) is 22.5 Å². The largest absolute Gasteiger partial charge is 0.368 e. The Bertz CT molecular complexity index is 1220. The van der Waals surface area contributed by atoms with Gasteiger partial charge in [-0.3, -0.25) is 14.2 Å². The first-order valence-corrected chi connectivity index (χ1v) is 9.81. The second-order valence-electron chi connectivity index (χ2n) is 6.75. The van der Waals surface area contributed by atoms with Gasteiger partial charge in [-0.15, -0.1) is 11.3 Å². The number of nitrogens with two attached hydrogens (primary N) is 1. The summed E-state index contributed by atoms with van der Waals surface area (Å²) in [4.78, 5) is 30.8. The van der Waals surface area contributed by atoms with Crippen LogP contribution >= 0.6 is 11.3 Å². The van der Waals surface area contributed by atoms with E-state index in [-0.39, 0.29) is 5.56 Å². The van der Waals surface area contributed by atoms with Crippen molar-refractivity contribution in [3.05, 3.63) is 75.9 Å². The van der Waals surface area contributed by atoms with E-state index in [1.54, 1.807) is 6.92 Å². The Morgan fingerprint density at radius 2 is 1.75 bits per heavy atom. The lowest BCUT2D eigenvalue weighted by Crippen LogP contribution is -2.33. The number of hydrogen-bond donors (Lipinski definition) is 1. The highest BCUT2D eigenvalue weighted by molar-refractivity contribution is 7.17. The van der Waals surface area contributed by atoms with E-state index in [4.69, 9.17) is 10.7 Å². The fourth-order valence-electron chi connectivity index (χ4n) is 3.23. The van der Waals surface area contributed by atoms with Crippen LogP contribution in [0.2, 0.25) is 0 Å². The van der Waals surface area contributed by atoms with Crippen molar-refractivity contribution in [2.45, 2.75) is 19.9 Å². The van der Waals surface area contributed by atoms with Crippen molar-refractivity contribution in [3.63, 3.8) is 0 Å². The molecule has 0 aliphatic carbocycles. The van der Waals surface area contributed by atoms with E-state index >= 15 is 0 Å². The van der Waals surface area contributed by atoms with Crippen molar-refractivity contribution in [1.82, 2.24) is 9.55 Å². The van der Waals surface area contributed by atoms with Crippen molar-refractivity contribution in [2.75, 3.05) is 0 Å². The standard InChI is InChI=1S/C22H19N3O2S/c1-13-8-10-15(11-9-13)17-12-28-21-18(17)22(27)25(14(2)19(23)26)20(24-21)16-6-4-3-5-7-16/h3-12,14H,1-2H3,(H2,23,26). The van der Waals surface area contributed by atoms with Crippen LogP contribution in [0.1, 0.15) is 18.5 Å². The molecule has 1 atom stereocenters. The smallest absolute Gasteiger partial charge is 0.263 e. The number of carbonyl (C=O) groups is 1. The van der Waals surface area contributed by atoms with Gasteiger partial charge in [-0.1, -0.05) is 60.2 Å². The van der Waals surface area contributed by atoms with E-state index in [2.05, 4.69) is 0 Å². The molecule has 6 heteroatoms. The van der Waals surface area contributed by atoms with Crippen LogP contribution in [0, 0.1) is 6.92 Å².